The molecular weight excluding hydrogens is 369 g/mol. The van der Waals surface area contributed by atoms with E-state index in [0.717, 1.165) is 16.5 Å². The summed E-state index contributed by atoms with van der Waals surface area (Å²) in [6, 6.07) is 12.7. The van der Waals surface area contributed by atoms with Crippen molar-refractivity contribution in [2.75, 3.05) is 6.54 Å². The normalized spacial score (nSPS) is 15.7. The van der Waals surface area contributed by atoms with Crippen LogP contribution in [0.5, 0.6) is 5.75 Å². The van der Waals surface area contributed by atoms with Gasteiger partial charge in [-0.3, -0.25) is 9.59 Å². The second kappa shape index (κ2) is 7.73. The van der Waals surface area contributed by atoms with Crippen molar-refractivity contribution in [2.45, 2.75) is 25.8 Å². The number of fused-ring (bicyclic) bond motifs is 2. The molecular formula is C21H22BN3O4. The number of rotatable bonds is 5. The van der Waals surface area contributed by atoms with Crippen LogP contribution < -0.4 is 15.7 Å². The molecule has 7 nitrogen and oxygen atoms in total. The van der Waals surface area contributed by atoms with Crippen molar-refractivity contribution in [1.82, 2.24) is 9.88 Å². The Hall–Kier alpha value is -3.10. The molecule has 2 heterocycles. The summed E-state index contributed by atoms with van der Waals surface area (Å²) in [5.74, 6) is -0.667. The van der Waals surface area contributed by atoms with Gasteiger partial charge in [-0.05, 0) is 48.6 Å². The van der Waals surface area contributed by atoms with Gasteiger partial charge in [0, 0.05) is 30.4 Å². The maximum atomic E-state index is 12.8. The minimum absolute atomic E-state index is 0.134. The Morgan fingerprint density at radius 2 is 2.14 bits per heavy atom. The van der Waals surface area contributed by atoms with Crippen LogP contribution in [0.25, 0.3) is 10.9 Å². The average molecular weight is 391 g/mol. The Bertz CT molecular complexity index is 1090. The molecule has 0 saturated carbocycles. The van der Waals surface area contributed by atoms with Gasteiger partial charge >= 0.3 is 7.12 Å². The second-order valence-electron chi connectivity index (χ2n) is 7.21. The molecule has 0 unspecified atom stereocenters. The van der Waals surface area contributed by atoms with Gasteiger partial charge in [0.2, 0.25) is 0 Å². The number of nitrogens with one attached hydrogen (secondary N) is 1. The molecule has 4 N–H and O–H groups in total. The summed E-state index contributed by atoms with van der Waals surface area (Å²) in [5, 5.41) is 14.3. The van der Waals surface area contributed by atoms with Gasteiger partial charge in [-0.25, -0.2) is 0 Å². The molecule has 8 heteroatoms. The van der Waals surface area contributed by atoms with E-state index in [0.29, 0.717) is 36.4 Å². The molecule has 2 aromatic carbocycles. The van der Waals surface area contributed by atoms with Gasteiger partial charge in [0.15, 0.2) is 5.78 Å². The van der Waals surface area contributed by atoms with Gasteiger partial charge < -0.3 is 25.3 Å². The van der Waals surface area contributed by atoms with Crippen molar-refractivity contribution < 1.29 is 19.3 Å². The van der Waals surface area contributed by atoms with Gasteiger partial charge in [-0.1, -0.05) is 18.2 Å². The number of para-hydroxylation sites is 1. The van der Waals surface area contributed by atoms with Gasteiger partial charge in [0.25, 0.3) is 5.91 Å². The summed E-state index contributed by atoms with van der Waals surface area (Å²) >= 11 is 0. The Kier molecular flexibility index (Phi) is 5.13. The third-order valence-electron chi connectivity index (χ3n) is 5.22. The molecule has 1 aromatic heterocycles. The fraction of sp³-hybridized carbons (Fsp3) is 0.238. The topological polar surface area (TPSA) is 107 Å². The molecule has 0 fully saturated rings. The van der Waals surface area contributed by atoms with Crippen molar-refractivity contribution in [1.29, 1.82) is 0 Å². The van der Waals surface area contributed by atoms with E-state index < -0.39 is 13.1 Å². The third-order valence-corrected chi connectivity index (χ3v) is 5.22. The van der Waals surface area contributed by atoms with Crippen LogP contribution in [0.15, 0.2) is 48.7 Å². The summed E-state index contributed by atoms with van der Waals surface area (Å²) in [5.41, 5.74) is 8.28. The molecule has 3 aromatic rings. The van der Waals surface area contributed by atoms with Crippen LogP contribution in [0.4, 0.5) is 0 Å². The van der Waals surface area contributed by atoms with E-state index in [1.165, 1.54) is 6.92 Å². The summed E-state index contributed by atoms with van der Waals surface area (Å²) in [4.78, 5) is 24.6. The van der Waals surface area contributed by atoms with Crippen molar-refractivity contribution >= 4 is 29.7 Å². The van der Waals surface area contributed by atoms with E-state index in [-0.39, 0.29) is 11.7 Å². The zero-order valence-corrected chi connectivity index (χ0v) is 16.1. The van der Waals surface area contributed by atoms with Crippen LogP contribution in [0.1, 0.15) is 33.2 Å². The number of ketones is 1. The molecule has 1 aliphatic rings. The van der Waals surface area contributed by atoms with E-state index in [9.17, 15) is 14.6 Å². The fourth-order valence-electron chi connectivity index (χ4n) is 3.74. The van der Waals surface area contributed by atoms with E-state index in [1.54, 1.807) is 18.2 Å². The first-order valence-electron chi connectivity index (χ1n) is 9.55. The van der Waals surface area contributed by atoms with Crippen LogP contribution >= 0.6 is 0 Å². The Labute approximate surface area is 168 Å². The van der Waals surface area contributed by atoms with Crippen LogP contribution in [0.2, 0.25) is 0 Å². The molecule has 0 spiro atoms. The van der Waals surface area contributed by atoms with E-state index >= 15 is 0 Å². The highest BCUT2D eigenvalue weighted by atomic mass is 16.5. The number of hydrogen-bond acceptors (Lipinski definition) is 5. The molecule has 1 amide bonds. The predicted octanol–water partition coefficient (Wildman–Crippen LogP) is 1.56. The lowest BCUT2D eigenvalue weighted by molar-refractivity contribution is 0.0939. The third kappa shape index (κ3) is 3.64. The molecule has 0 bridgehead atoms. The van der Waals surface area contributed by atoms with Gasteiger partial charge in [-0.15, -0.1) is 0 Å². The zero-order valence-electron chi connectivity index (χ0n) is 16.1. The highest BCUT2D eigenvalue weighted by Gasteiger charge is 2.37. The van der Waals surface area contributed by atoms with E-state index in [2.05, 4.69) is 5.32 Å². The summed E-state index contributed by atoms with van der Waals surface area (Å²) in [6.07, 6.45) is 2.32. The van der Waals surface area contributed by atoms with Crippen LogP contribution in [-0.2, 0) is 13.0 Å². The fourth-order valence-corrected chi connectivity index (χ4v) is 3.74. The summed E-state index contributed by atoms with van der Waals surface area (Å²) < 4.78 is 7.59. The van der Waals surface area contributed by atoms with Crippen LogP contribution in [-0.4, -0.2) is 40.9 Å². The number of carbonyl (C=O) groups excluding carboxylic acids is 2. The zero-order chi connectivity index (χ0) is 20.5. The first-order valence-corrected chi connectivity index (χ1v) is 9.55. The van der Waals surface area contributed by atoms with Crippen molar-refractivity contribution in [3.05, 3.63) is 65.4 Å². The number of hydrogen-bond donors (Lipinski definition) is 3. The standard InChI is InChI=1S/C21H22BN3O4/c1-13(26)17-4-2-3-15-12-19(22(28)29-20(15)17)24-21(27)16-6-5-14-7-9-25(10-8-23)18(14)11-16/h2-7,9,11,19,28H,8,10,12,23H2,1H3,(H,24,27)/t19-/m0/s1. The average Bonchev–Trinajstić information content (AvgIpc) is 3.10. The highest BCUT2D eigenvalue weighted by molar-refractivity contribution is 6.47. The first-order chi connectivity index (χ1) is 14.0. The minimum atomic E-state index is -1.24. The molecule has 148 valence electrons. The molecule has 0 aliphatic carbocycles. The number of benzene rings is 2. The number of aromatic nitrogens is 1. The number of amides is 1. The Morgan fingerprint density at radius 1 is 1.31 bits per heavy atom. The lowest BCUT2D eigenvalue weighted by atomic mass is 9.72. The quantitative estimate of drug-likeness (QED) is 0.452. The first kappa shape index (κ1) is 19.2. The lowest BCUT2D eigenvalue weighted by Crippen LogP contribution is -2.53. The number of Topliss-reactive ketones (excluding diaryl/α,β-unsaturated/α-hetero) is 1. The molecule has 0 radical (unpaired) electrons. The molecule has 4 rings (SSSR count). The smallest absolute Gasteiger partial charge is 0.534 e. The number of nitrogens with zero attached hydrogens (tertiary/aromatic N) is 1. The van der Waals surface area contributed by atoms with Gasteiger partial charge in [-0.2, -0.15) is 0 Å². The van der Waals surface area contributed by atoms with E-state index in [1.807, 2.05) is 35.0 Å². The molecule has 29 heavy (non-hydrogen) atoms. The van der Waals surface area contributed by atoms with Crippen molar-refractivity contribution in [2.24, 2.45) is 5.73 Å². The SMILES string of the molecule is CC(=O)c1cccc2c1OB(O)[C@@H](NC(=O)c1ccc3ccn(CCN)c3c1)C2. The number of carbonyl (C=O) groups is 2. The van der Waals surface area contributed by atoms with E-state index in [4.69, 9.17) is 10.4 Å². The van der Waals surface area contributed by atoms with Crippen molar-refractivity contribution in [3.8, 4) is 5.75 Å². The predicted molar refractivity (Wildman–Crippen MR) is 111 cm³/mol. The second-order valence-corrected chi connectivity index (χ2v) is 7.21. The maximum Gasteiger partial charge on any atom is 0.547 e. The molecule has 0 saturated heterocycles. The van der Waals surface area contributed by atoms with Crippen LogP contribution in [0.3, 0.4) is 0 Å². The largest absolute Gasteiger partial charge is 0.547 e. The molecule has 1 aliphatic heterocycles. The summed E-state index contributed by atoms with van der Waals surface area (Å²) in [7, 11) is -1.24. The van der Waals surface area contributed by atoms with Gasteiger partial charge in [0.1, 0.15) is 5.75 Å². The lowest BCUT2D eigenvalue weighted by Gasteiger charge is -2.29. The molecule has 1 atom stereocenters. The number of nitrogens with two attached hydrogens (primary N) is 1. The monoisotopic (exact) mass is 391 g/mol. The Morgan fingerprint density at radius 3 is 2.90 bits per heavy atom. The summed E-state index contributed by atoms with van der Waals surface area (Å²) in [6.45, 7) is 2.63. The Balaban J connectivity index is 1.56. The van der Waals surface area contributed by atoms with Crippen LogP contribution in [0, 0.1) is 0 Å². The maximum absolute atomic E-state index is 12.8. The van der Waals surface area contributed by atoms with Crippen molar-refractivity contribution in [3.63, 3.8) is 0 Å². The van der Waals surface area contributed by atoms with Gasteiger partial charge in [0.05, 0.1) is 11.5 Å². The highest BCUT2D eigenvalue weighted by Crippen LogP contribution is 2.30. The minimum Gasteiger partial charge on any atom is -0.534 e.